The number of benzene rings is 3. The molecule has 8 nitrogen and oxygen atoms in total. The van der Waals surface area contributed by atoms with Crippen molar-refractivity contribution in [2.45, 2.75) is 13.8 Å². The van der Waals surface area contributed by atoms with Crippen LogP contribution >= 0.6 is 0 Å². The molecule has 0 bridgehead atoms. The minimum atomic E-state index is -0.433. The lowest BCUT2D eigenvalue weighted by molar-refractivity contribution is -0.117. The first-order valence-corrected chi connectivity index (χ1v) is 12.5. The average Bonchev–Trinajstić information content (AvgIpc) is 3.36. The Bertz CT molecular complexity index is 1430. The molecule has 4 rings (SSSR count). The molecule has 0 fully saturated rings. The highest BCUT2D eigenvalue weighted by molar-refractivity contribution is 5.99. The van der Waals surface area contributed by atoms with Crippen LogP contribution in [0.2, 0.25) is 0 Å². The van der Waals surface area contributed by atoms with E-state index in [0.717, 1.165) is 11.3 Å². The second-order valence-corrected chi connectivity index (χ2v) is 9.38. The summed E-state index contributed by atoms with van der Waals surface area (Å²) in [5.74, 6) is 0.585. The molecule has 0 saturated heterocycles. The zero-order chi connectivity index (χ0) is 27.9. The van der Waals surface area contributed by atoms with E-state index in [1.54, 1.807) is 18.8 Å². The van der Waals surface area contributed by atoms with Crippen LogP contribution in [0.5, 0.6) is 11.5 Å². The number of anilines is 1. The van der Waals surface area contributed by atoms with Gasteiger partial charge in [0.05, 0.1) is 19.9 Å². The average molecular weight is 531 g/mol. The van der Waals surface area contributed by atoms with Gasteiger partial charge in [0.2, 0.25) is 11.9 Å². The molecule has 1 aromatic heterocycles. The molecule has 0 aliphatic carbocycles. The molecule has 2 amide bonds. The number of rotatable bonds is 10. The van der Waals surface area contributed by atoms with E-state index >= 15 is 0 Å². The number of amides is 2. The van der Waals surface area contributed by atoms with Crippen molar-refractivity contribution in [1.82, 2.24) is 14.5 Å². The quantitative estimate of drug-likeness (QED) is 0.295. The minimum Gasteiger partial charge on any atom is -0.497 e. The van der Waals surface area contributed by atoms with Gasteiger partial charge in [-0.1, -0.05) is 26.0 Å². The van der Waals surface area contributed by atoms with Crippen LogP contribution in [0.25, 0.3) is 16.9 Å². The van der Waals surface area contributed by atoms with E-state index in [4.69, 9.17) is 14.5 Å². The molecule has 0 saturated carbocycles. The summed E-state index contributed by atoms with van der Waals surface area (Å²) in [6.07, 6.45) is 1.82. The number of ether oxygens (including phenoxy) is 2. The summed E-state index contributed by atoms with van der Waals surface area (Å²) in [4.78, 5) is 32.6. The predicted octanol–water partition coefficient (Wildman–Crippen LogP) is 5.43. The minimum absolute atomic E-state index is 0.114. The summed E-state index contributed by atoms with van der Waals surface area (Å²) in [7, 11) is 3.19. The molecule has 202 valence electrons. The van der Waals surface area contributed by atoms with E-state index in [0.29, 0.717) is 35.2 Å². The summed E-state index contributed by atoms with van der Waals surface area (Å²) in [6, 6.07) is 20.1. The van der Waals surface area contributed by atoms with Gasteiger partial charge in [0.15, 0.2) is 0 Å². The third kappa shape index (κ3) is 6.81. The molecule has 0 atom stereocenters. The number of carbonyl (C=O) groups is 2. The summed E-state index contributed by atoms with van der Waals surface area (Å²) >= 11 is 0. The topological polar surface area (TPSA) is 85.7 Å². The van der Waals surface area contributed by atoms with Crippen LogP contribution in [0, 0.1) is 11.7 Å². The van der Waals surface area contributed by atoms with Crippen molar-refractivity contribution >= 4 is 17.8 Å². The molecule has 0 unspecified atom stereocenters. The number of carbonyl (C=O) groups excluding carboxylic acids is 2. The lowest BCUT2D eigenvalue weighted by Crippen LogP contribution is -2.40. The molecule has 0 aliphatic heterocycles. The van der Waals surface area contributed by atoms with Crippen molar-refractivity contribution < 1.29 is 23.5 Å². The van der Waals surface area contributed by atoms with Crippen molar-refractivity contribution in [3.8, 4) is 28.4 Å². The molecular formula is C30H31FN4O4. The largest absolute Gasteiger partial charge is 0.497 e. The maximum atomic E-state index is 13.4. The lowest BCUT2D eigenvalue weighted by Gasteiger charge is -2.24. The monoisotopic (exact) mass is 530 g/mol. The molecule has 0 spiro atoms. The first kappa shape index (κ1) is 27.4. The van der Waals surface area contributed by atoms with Gasteiger partial charge in [-0.05, 0) is 66.6 Å². The summed E-state index contributed by atoms with van der Waals surface area (Å²) in [6.45, 7) is 4.07. The van der Waals surface area contributed by atoms with Crippen LogP contribution in [0.15, 0.2) is 79.0 Å². The number of halogens is 1. The lowest BCUT2D eigenvalue weighted by atomic mass is 10.1. The van der Waals surface area contributed by atoms with Gasteiger partial charge in [0.25, 0.3) is 5.91 Å². The third-order valence-electron chi connectivity index (χ3n) is 5.97. The second kappa shape index (κ2) is 12.3. The SMILES string of the molecule is COc1ccc(-n2cc(-c3cccc(OC)c3)nc2NC(=O)CN(CC(C)C)C(=O)c2ccc(F)cc2)cc1. The van der Waals surface area contributed by atoms with Gasteiger partial charge in [0, 0.05) is 29.6 Å². The Kier molecular flexibility index (Phi) is 8.60. The van der Waals surface area contributed by atoms with Gasteiger partial charge in [-0.2, -0.15) is 0 Å². The Morgan fingerprint density at radius 2 is 1.67 bits per heavy atom. The van der Waals surface area contributed by atoms with E-state index in [-0.39, 0.29) is 18.4 Å². The van der Waals surface area contributed by atoms with Gasteiger partial charge in [-0.3, -0.25) is 19.5 Å². The fourth-order valence-corrected chi connectivity index (χ4v) is 4.10. The first-order valence-electron chi connectivity index (χ1n) is 12.5. The highest BCUT2D eigenvalue weighted by Gasteiger charge is 2.22. The maximum absolute atomic E-state index is 13.4. The van der Waals surface area contributed by atoms with E-state index in [1.807, 2.05) is 68.6 Å². The number of imidazole rings is 1. The number of aromatic nitrogens is 2. The normalized spacial score (nSPS) is 10.8. The highest BCUT2D eigenvalue weighted by atomic mass is 19.1. The third-order valence-corrected chi connectivity index (χ3v) is 5.97. The van der Waals surface area contributed by atoms with Gasteiger partial charge in [-0.15, -0.1) is 0 Å². The van der Waals surface area contributed by atoms with Crippen molar-refractivity contribution in [2.24, 2.45) is 5.92 Å². The molecular weight excluding hydrogens is 499 g/mol. The van der Waals surface area contributed by atoms with Crippen LogP contribution < -0.4 is 14.8 Å². The van der Waals surface area contributed by atoms with Gasteiger partial charge in [0.1, 0.15) is 23.9 Å². The maximum Gasteiger partial charge on any atom is 0.254 e. The smallest absolute Gasteiger partial charge is 0.254 e. The zero-order valence-corrected chi connectivity index (χ0v) is 22.3. The van der Waals surface area contributed by atoms with E-state index in [1.165, 1.54) is 29.2 Å². The van der Waals surface area contributed by atoms with Crippen LogP contribution in [0.3, 0.4) is 0 Å². The van der Waals surface area contributed by atoms with Crippen molar-refractivity contribution in [2.75, 3.05) is 32.6 Å². The highest BCUT2D eigenvalue weighted by Crippen LogP contribution is 2.27. The van der Waals surface area contributed by atoms with E-state index in [2.05, 4.69) is 5.32 Å². The van der Waals surface area contributed by atoms with Crippen molar-refractivity contribution in [1.29, 1.82) is 0 Å². The van der Waals surface area contributed by atoms with Crippen molar-refractivity contribution in [3.63, 3.8) is 0 Å². The summed E-state index contributed by atoms with van der Waals surface area (Å²) < 4.78 is 25.8. The fourth-order valence-electron chi connectivity index (χ4n) is 4.10. The zero-order valence-electron chi connectivity index (χ0n) is 22.3. The molecule has 0 radical (unpaired) electrons. The molecule has 0 aliphatic rings. The van der Waals surface area contributed by atoms with E-state index < -0.39 is 11.7 Å². The molecule has 9 heteroatoms. The standard InChI is InChI=1S/C30H31FN4O4/c1-20(2)17-34(29(37)21-8-10-23(31)11-9-21)19-28(36)33-30-32-27(22-6-5-7-26(16-22)39-4)18-35(30)24-12-14-25(38-3)15-13-24/h5-16,18,20H,17,19H2,1-4H3,(H,32,33,36). The molecule has 1 N–H and O–H groups in total. The Balaban J connectivity index is 1.63. The van der Waals surface area contributed by atoms with Crippen LogP contribution in [0.4, 0.5) is 10.3 Å². The summed E-state index contributed by atoms with van der Waals surface area (Å²) in [5, 5.41) is 2.87. The Labute approximate surface area is 227 Å². The summed E-state index contributed by atoms with van der Waals surface area (Å²) in [5.41, 5.74) is 2.51. The number of hydrogen-bond acceptors (Lipinski definition) is 5. The van der Waals surface area contributed by atoms with Crippen molar-refractivity contribution in [3.05, 3.63) is 90.4 Å². The van der Waals surface area contributed by atoms with Crippen LogP contribution in [-0.4, -0.2) is 53.6 Å². The Morgan fingerprint density at radius 3 is 2.31 bits per heavy atom. The Morgan fingerprint density at radius 1 is 0.974 bits per heavy atom. The van der Waals surface area contributed by atoms with Crippen LogP contribution in [-0.2, 0) is 4.79 Å². The fraction of sp³-hybridized carbons (Fsp3) is 0.233. The Hall–Kier alpha value is -4.66. The number of hydrogen-bond donors (Lipinski definition) is 1. The van der Waals surface area contributed by atoms with E-state index in [9.17, 15) is 14.0 Å². The number of methoxy groups -OCH3 is 2. The van der Waals surface area contributed by atoms with Gasteiger partial charge >= 0.3 is 0 Å². The number of nitrogens with zero attached hydrogens (tertiary/aromatic N) is 3. The van der Waals surface area contributed by atoms with Gasteiger partial charge in [-0.25, -0.2) is 9.37 Å². The predicted molar refractivity (Wildman–Crippen MR) is 148 cm³/mol. The molecule has 1 heterocycles. The number of nitrogens with one attached hydrogen (secondary N) is 1. The van der Waals surface area contributed by atoms with Gasteiger partial charge < -0.3 is 14.4 Å². The molecule has 39 heavy (non-hydrogen) atoms. The first-order chi connectivity index (χ1) is 18.8. The molecule has 3 aromatic carbocycles. The molecule has 4 aromatic rings. The second-order valence-electron chi connectivity index (χ2n) is 9.38. The van der Waals surface area contributed by atoms with Crippen LogP contribution in [0.1, 0.15) is 24.2 Å².